The minimum Gasteiger partial charge on any atom is -0.376 e. The Morgan fingerprint density at radius 1 is 1.48 bits per heavy atom. The summed E-state index contributed by atoms with van der Waals surface area (Å²) in [5.41, 5.74) is 1.55. The average Bonchev–Trinajstić information content (AvgIpc) is 3.25. The standard InChI is InChI=1S/C18H23FN4O2/c1-3-14(17-9-6-10-25-17)21-18(24)22-15-11-20-23(12(15)2)16-8-5-4-7-13(16)19/h4-5,7-8,11,14,17H,3,6,9-10H2,1-2H3,(H2,21,22,24)/t14-,17+/m1/s1. The number of ether oxygens (including phenoxy) is 1. The Balaban J connectivity index is 1.69. The van der Waals surface area contributed by atoms with E-state index in [1.165, 1.54) is 16.9 Å². The number of para-hydroxylation sites is 1. The molecule has 1 saturated heterocycles. The van der Waals surface area contributed by atoms with Gasteiger partial charge in [-0.3, -0.25) is 0 Å². The summed E-state index contributed by atoms with van der Waals surface area (Å²) in [5.74, 6) is -0.367. The Bertz CT molecular complexity index is 740. The maximum absolute atomic E-state index is 13.9. The molecule has 0 aliphatic carbocycles. The fourth-order valence-corrected chi connectivity index (χ4v) is 3.10. The molecule has 25 heavy (non-hydrogen) atoms. The van der Waals surface area contributed by atoms with Gasteiger partial charge in [-0.05, 0) is 38.3 Å². The van der Waals surface area contributed by atoms with Crippen molar-refractivity contribution >= 4 is 11.7 Å². The molecule has 0 bridgehead atoms. The fourth-order valence-electron chi connectivity index (χ4n) is 3.10. The molecule has 2 aromatic rings. The first kappa shape index (κ1) is 17.4. The number of benzene rings is 1. The first-order chi connectivity index (χ1) is 12.1. The Kier molecular flexibility index (Phi) is 5.33. The van der Waals surface area contributed by atoms with Crippen LogP contribution in [0.25, 0.3) is 5.69 Å². The van der Waals surface area contributed by atoms with Crippen molar-refractivity contribution in [3.05, 3.63) is 42.0 Å². The number of urea groups is 1. The van der Waals surface area contributed by atoms with Gasteiger partial charge in [0.15, 0.2) is 0 Å². The third kappa shape index (κ3) is 3.82. The minimum atomic E-state index is -0.367. The van der Waals surface area contributed by atoms with Gasteiger partial charge in [0.1, 0.15) is 11.5 Å². The maximum Gasteiger partial charge on any atom is 0.319 e. The van der Waals surface area contributed by atoms with Crippen molar-refractivity contribution in [2.75, 3.05) is 11.9 Å². The van der Waals surface area contributed by atoms with Gasteiger partial charge in [-0.25, -0.2) is 13.9 Å². The van der Waals surface area contributed by atoms with Crippen molar-refractivity contribution in [1.29, 1.82) is 0 Å². The maximum atomic E-state index is 13.9. The van der Waals surface area contributed by atoms with Crippen LogP contribution in [-0.2, 0) is 4.74 Å². The Labute approximate surface area is 146 Å². The van der Waals surface area contributed by atoms with Crippen LogP contribution in [0.15, 0.2) is 30.5 Å². The zero-order valence-electron chi connectivity index (χ0n) is 14.5. The molecular formula is C18H23FN4O2. The van der Waals surface area contributed by atoms with E-state index >= 15 is 0 Å². The van der Waals surface area contributed by atoms with E-state index in [9.17, 15) is 9.18 Å². The van der Waals surface area contributed by atoms with Gasteiger partial charge < -0.3 is 15.4 Å². The second-order valence-electron chi connectivity index (χ2n) is 6.17. The molecule has 0 unspecified atom stereocenters. The largest absolute Gasteiger partial charge is 0.376 e. The molecule has 2 atom stereocenters. The van der Waals surface area contributed by atoms with Gasteiger partial charge in [-0.2, -0.15) is 5.10 Å². The smallest absolute Gasteiger partial charge is 0.319 e. The normalized spacial score (nSPS) is 18.1. The Hall–Kier alpha value is -2.41. The van der Waals surface area contributed by atoms with Crippen LogP contribution < -0.4 is 10.6 Å². The van der Waals surface area contributed by atoms with Crippen LogP contribution in [0.1, 0.15) is 31.9 Å². The van der Waals surface area contributed by atoms with Crippen LogP contribution in [0.3, 0.4) is 0 Å². The zero-order chi connectivity index (χ0) is 17.8. The first-order valence-electron chi connectivity index (χ1n) is 8.58. The molecule has 2 heterocycles. The highest BCUT2D eigenvalue weighted by Crippen LogP contribution is 2.21. The third-order valence-corrected chi connectivity index (χ3v) is 4.51. The number of anilines is 1. The number of carbonyl (C=O) groups is 1. The summed E-state index contributed by atoms with van der Waals surface area (Å²) in [6, 6.07) is 6.06. The van der Waals surface area contributed by atoms with E-state index in [4.69, 9.17) is 4.74 Å². The SMILES string of the molecule is CC[C@@H](NC(=O)Nc1cnn(-c2ccccc2F)c1C)[C@@H]1CCCO1. The van der Waals surface area contributed by atoms with Crippen molar-refractivity contribution in [2.24, 2.45) is 0 Å². The number of hydrogen-bond donors (Lipinski definition) is 2. The van der Waals surface area contributed by atoms with E-state index < -0.39 is 0 Å². The van der Waals surface area contributed by atoms with E-state index in [0.29, 0.717) is 17.1 Å². The highest BCUT2D eigenvalue weighted by Gasteiger charge is 2.26. The quantitative estimate of drug-likeness (QED) is 0.872. The molecule has 1 aromatic heterocycles. The number of hydrogen-bond acceptors (Lipinski definition) is 3. The highest BCUT2D eigenvalue weighted by molar-refractivity contribution is 5.90. The van der Waals surface area contributed by atoms with Crippen molar-refractivity contribution in [3.8, 4) is 5.69 Å². The molecule has 0 spiro atoms. The second-order valence-corrected chi connectivity index (χ2v) is 6.17. The van der Waals surface area contributed by atoms with Crippen molar-refractivity contribution in [1.82, 2.24) is 15.1 Å². The molecule has 0 saturated carbocycles. The number of amides is 2. The summed E-state index contributed by atoms with van der Waals surface area (Å²) in [7, 11) is 0. The van der Waals surface area contributed by atoms with Crippen LogP contribution in [0.5, 0.6) is 0 Å². The second kappa shape index (κ2) is 7.65. The topological polar surface area (TPSA) is 68.2 Å². The number of nitrogens with one attached hydrogen (secondary N) is 2. The zero-order valence-corrected chi connectivity index (χ0v) is 14.5. The molecule has 3 rings (SSSR count). The predicted octanol–water partition coefficient (Wildman–Crippen LogP) is 3.40. The van der Waals surface area contributed by atoms with E-state index in [-0.39, 0.29) is 24.0 Å². The summed E-state index contributed by atoms with van der Waals surface area (Å²) in [5, 5.41) is 9.94. The molecule has 1 aromatic carbocycles. The van der Waals surface area contributed by atoms with Gasteiger partial charge in [0.05, 0.1) is 29.7 Å². The summed E-state index contributed by atoms with van der Waals surface area (Å²) in [6.07, 6.45) is 4.38. The van der Waals surface area contributed by atoms with Gasteiger partial charge in [0.2, 0.25) is 0 Å². The molecule has 1 fully saturated rings. The summed E-state index contributed by atoms with van der Waals surface area (Å²) in [6.45, 7) is 4.56. The van der Waals surface area contributed by atoms with Gasteiger partial charge >= 0.3 is 6.03 Å². The van der Waals surface area contributed by atoms with E-state index in [0.717, 1.165) is 25.9 Å². The number of carbonyl (C=O) groups excluding carboxylic acids is 1. The van der Waals surface area contributed by atoms with Crippen LogP contribution in [0, 0.1) is 12.7 Å². The van der Waals surface area contributed by atoms with Crippen LogP contribution in [0.2, 0.25) is 0 Å². The van der Waals surface area contributed by atoms with Crippen LogP contribution >= 0.6 is 0 Å². The molecule has 1 aliphatic rings. The third-order valence-electron chi connectivity index (χ3n) is 4.51. The monoisotopic (exact) mass is 346 g/mol. The highest BCUT2D eigenvalue weighted by atomic mass is 19.1. The molecule has 7 heteroatoms. The van der Waals surface area contributed by atoms with Crippen molar-refractivity contribution in [2.45, 2.75) is 45.3 Å². The lowest BCUT2D eigenvalue weighted by Crippen LogP contribution is -2.44. The lowest BCUT2D eigenvalue weighted by molar-refractivity contribution is 0.0804. The molecule has 6 nitrogen and oxygen atoms in total. The lowest BCUT2D eigenvalue weighted by atomic mass is 10.1. The molecule has 1 aliphatic heterocycles. The molecule has 2 N–H and O–H groups in total. The number of rotatable bonds is 5. The van der Waals surface area contributed by atoms with Gasteiger partial charge in [-0.15, -0.1) is 0 Å². The van der Waals surface area contributed by atoms with Gasteiger partial charge in [-0.1, -0.05) is 19.1 Å². The van der Waals surface area contributed by atoms with Crippen molar-refractivity contribution < 1.29 is 13.9 Å². The summed E-state index contributed by atoms with van der Waals surface area (Å²) < 4.78 is 21.1. The Morgan fingerprint density at radius 2 is 2.28 bits per heavy atom. The van der Waals surface area contributed by atoms with E-state index in [1.807, 2.05) is 6.92 Å². The molecule has 2 amide bonds. The number of nitrogens with zero attached hydrogens (tertiary/aromatic N) is 2. The molecule has 0 radical (unpaired) electrons. The van der Waals surface area contributed by atoms with Crippen molar-refractivity contribution in [3.63, 3.8) is 0 Å². The minimum absolute atomic E-state index is 0.0237. The predicted molar refractivity (Wildman–Crippen MR) is 93.5 cm³/mol. The average molecular weight is 346 g/mol. The van der Waals surface area contributed by atoms with Crippen LogP contribution in [-0.4, -0.2) is 34.6 Å². The van der Waals surface area contributed by atoms with Gasteiger partial charge in [0.25, 0.3) is 0 Å². The van der Waals surface area contributed by atoms with Crippen LogP contribution in [0.4, 0.5) is 14.9 Å². The lowest BCUT2D eigenvalue weighted by Gasteiger charge is -2.22. The fraction of sp³-hybridized carbons (Fsp3) is 0.444. The Morgan fingerprint density at radius 3 is 2.96 bits per heavy atom. The summed E-state index contributed by atoms with van der Waals surface area (Å²) >= 11 is 0. The van der Waals surface area contributed by atoms with E-state index in [2.05, 4.69) is 15.7 Å². The van der Waals surface area contributed by atoms with Gasteiger partial charge in [0, 0.05) is 6.61 Å². The molecular weight excluding hydrogens is 323 g/mol. The first-order valence-corrected chi connectivity index (χ1v) is 8.58. The number of halogens is 1. The number of aromatic nitrogens is 2. The summed E-state index contributed by atoms with van der Waals surface area (Å²) in [4.78, 5) is 12.3. The molecule has 134 valence electrons. The van der Waals surface area contributed by atoms with E-state index in [1.54, 1.807) is 25.1 Å².